The Balaban J connectivity index is 1.84. The molecule has 27 heavy (non-hydrogen) atoms. The first-order chi connectivity index (χ1) is 12.8. The van der Waals surface area contributed by atoms with Gasteiger partial charge in [0.2, 0.25) is 5.91 Å². The number of urea groups is 1. The van der Waals surface area contributed by atoms with Gasteiger partial charge < -0.3 is 20.7 Å². The third-order valence-electron chi connectivity index (χ3n) is 4.39. The van der Waals surface area contributed by atoms with Crippen LogP contribution in [0.15, 0.2) is 24.3 Å². The van der Waals surface area contributed by atoms with Crippen LogP contribution < -0.4 is 16.0 Å². The van der Waals surface area contributed by atoms with Crippen molar-refractivity contribution in [3.63, 3.8) is 0 Å². The van der Waals surface area contributed by atoms with Crippen LogP contribution in [-0.4, -0.2) is 55.2 Å². The van der Waals surface area contributed by atoms with Crippen LogP contribution >= 0.6 is 0 Å². The standard InChI is InChI=1S/C20H32N4O3/c1-14(2)19(25)21-9-10-22-20(26)23-18-8-6-5-7-17(18)13-24-11-15(3)27-16(4)12-24/h5-8,14-16H,9-13H2,1-4H3,(H,21,25)(H2,22,23,26)/t15-,16-/m0/s1. The Kier molecular flexibility index (Phi) is 8.06. The van der Waals surface area contributed by atoms with Crippen molar-refractivity contribution in [2.24, 2.45) is 5.92 Å². The van der Waals surface area contributed by atoms with Gasteiger partial charge in [-0.2, -0.15) is 0 Å². The molecular formula is C20H32N4O3. The zero-order chi connectivity index (χ0) is 19.8. The molecule has 1 aliphatic heterocycles. The van der Waals surface area contributed by atoms with Crippen molar-refractivity contribution in [2.75, 3.05) is 31.5 Å². The maximum Gasteiger partial charge on any atom is 0.319 e. The minimum Gasteiger partial charge on any atom is -0.373 e. The fourth-order valence-electron chi connectivity index (χ4n) is 3.17. The van der Waals surface area contributed by atoms with Gasteiger partial charge in [-0.25, -0.2) is 4.79 Å². The predicted molar refractivity (Wildman–Crippen MR) is 107 cm³/mol. The lowest BCUT2D eigenvalue weighted by atomic mass is 10.1. The molecule has 7 nitrogen and oxygen atoms in total. The maximum absolute atomic E-state index is 12.2. The summed E-state index contributed by atoms with van der Waals surface area (Å²) in [5, 5.41) is 8.46. The van der Waals surface area contributed by atoms with Gasteiger partial charge in [-0.3, -0.25) is 9.69 Å². The number of carbonyl (C=O) groups is 2. The minimum absolute atomic E-state index is 0.0171. The lowest BCUT2D eigenvalue weighted by molar-refractivity contribution is -0.123. The van der Waals surface area contributed by atoms with Crippen molar-refractivity contribution in [1.82, 2.24) is 15.5 Å². The number of morpholine rings is 1. The van der Waals surface area contributed by atoms with E-state index in [0.29, 0.717) is 13.1 Å². The lowest BCUT2D eigenvalue weighted by Gasteiger charge is -2.35. The Morgan fingerprint density at radius 1 is 1.11 bits per heavy atom. The molecule has 1 aliphatic rings. The normalized spacial score (nSPS) is 20.3. The molecule has 2 atom stereocenters. The zero-order valence-corrected chi connectivity index (χ0v) is 16.7. The number of hydrogen-bond donors (Lipinski definition) is 3. The maximum atomic E-state index is 12.2. The van der Waals surface area contributed by atoms with Crippen molar-refractivity contribution < 1.29 is 14.3 Å². The van der Waals surface area contributed by atoms with E-state index in [9.17, 15) is 9.59 Å². The molecule has 0 unspecified atom stereocenters. The first-order valence-corrected chi connectivity index (χ1v) is 9.63. The number of hydrogen-bond acceptors (Lipinski definition) is 4. The smallest absolute Gasteiger partial charge is 0.319 e. The molecule has 3 N–H and O–H groups in total. The second-order valence-corrected chi connectivity index (χ2v) is 7.44. The number of nitrogens with zero attached hydrogens (tertiary/aromatic N) is 1. The summed E-state index contributed by atoms with van der Waals surface area (Å²) < 4.78 is 5.78. The van der Waals surface area contributed by atoms with Gasteiger partial charge in [0.1, 0.15) is 0 Å². The molecule has 7 heteroatoms. The highest BCUT2D eigenvalue weighted by Gasteiger charge is 2.22. The van der Waals surface area contributed by atoms with Crippen molar-refractivity contribution in [1.29, 1.82) is 0 Å². The van der Waals surface area contributed by atoms with E-state index in [1.54, 1.807) is 0 Å². The minimum atomic E-state index is -0.273. The van der Waals surface area contributed by atoms with Gasteiger partial charge in [-0.15, -0.1) is 0 Å². The summed E-state index contributed by atoms with van der Waals surface area (Å²) in [5.74, 6) is -0.0761. The van der Waals surface area contributed by atoms with Crippen LogP contribution in [0.3, 0.4) is 0 Å². The number of anilines is 1. The Labute approximate surface area is 161 Å². The van der Waals surface area contributed by atoms with Crippen LogP contribution in [0.5, 0.6) is 0 Å². The highest BCUT2D eigenvalue weighted by molar-refractivity contribution is 5.90. The van der Waals surface area contributed by atoms with Crippen molar-refractivity contribution in [3.8, 4) is 0 Å². The first kappa shape index (κ1) is 21.2. The Morgan fingerprint density at radius 3 is 2.41 bits per heavy atom. The Morgan fingerprint density at radius 2 is 1.74 bits per heavy atom. The second kappa shape index (κ2) is 10.3. The number of rotatable bonds is 7. The summed E-state index contributed by atoms with van der Waals surface area (Å²) in [6.45, 7) is 11.1. The van der Waals surface area contributed by atoms with Gasteiger partial charge in [-0.05, 0) is 25.5 Å². The van der Waals surface area contributed by atoms with E-state index < -0.39 is 0 Å². The van der Waals surface area contributed by atoms with Crippen LogP contribution in [-0.2, 0) is 16.1 Å². The number of para-hydroxylation sites is 1. The molecule has 1 heterocycles. The lowest BCUT2D eigenvalue weighted by Crippen LogP contribution is -2.45. The van der Waals surface area contributed by atoms with Gasteiger partial charge in [0.05, 0.1) is 12.2 Å². The van der Waals surface area contributed by atoms with Gasteiger partial charge >= 0.3 is 6.03 Å². The molecular weight excluding hydrogens is 344 g/mol. The van der Waals surface area contributed by atoms with Crippen LogP contribution in [0.1, 0.15) is 33.3 Å². The van der Waals surface area contributed by atoms with Crippen LogP contribution in [0.4, 0.5) is 10.5 Å². The average molecular weight is 377 g/mol. The highest BCUT2D eigenvalue weighted by atomic mass is 16.5. The van der Waals surface area contributed by atoms with E-state index in [2.05, 4.69) is 34.7 Å². The van der Waals surface area contributed by atoms with E-state index in [0.717, 1.165) is 30.9 Å². The average Bonchev–Trinajstić information content (AvgIpc) is 2.59. The number of benzene rings is 1. The van der Waals surface area contributed by atoms with E-state index in [4.69, 9.17) is 4.74 Å². The van der Waals surface area contributed by atoms with E-state index >= 15 is 0 Å². The number of amides is 3. The van der Waals surface area contributed by atoms with Crippen LogP contribution in [0, 0.1) is 5.92 Å². The topological polar surface area (TPSA) is 82.7 Å². The van der Waals surface area contributed by atoms with Crippen LogP contribution in [0.2, 0.25) is 0 Å². The fourth-order valence-corrected chi connectivity index (χ4v) is 3.17. The molecule has 0 bridgehead atoms. The highest BCUT2D eigenvalue weighted by Crippen LogP contribution is 2.20. The van der Waals surface area contributed by atoms with Gasteiger partial charge in [0, 0.05) is 44.3 Å². The molecule has 1 aromatic carbocycles. The number of carbonyl (C=O) groups excluding carboxylic acids is 2. The van der Waals surface area contributed by atoms with Gasteiger partial charge in [0.25, 0.3) is 0 Å². The summed E-state index contributed by atoms with van der Waals surface area (Å²) in [7, 11) is 0. The summed E-state index contributed by atoms with van der Waals surface area (Å²) in [4.78, 5) is 26.0. The SMILES string of the molecule is CC(C)C(=O)NCCNC(=O)Nc1ccccc1CN1C[C@H](C)O[C@@H](C)C1. The van der Waals surface area contributed by atoms with Crippen molar-refractivity contribution in [3.05, 3.63) is 29.8 Å². The van der Waals surface area contributed by atoms with Crippen molar-refractivity contribution >= 4 is 17.6 Å². The van der Waals surface area contributed by atoms with E-state index in [1.165, 1.54) is 0 Å². The molecule has 3 amide bonds. The Bertz CT molecular complexity index is 625. The Hall–Kier alpha value is -2.12. The second-order valence-electron chi connectivity index (χ2n) is 7.44. The number of nitrogens with one attached hydrogen (secondary N) is 3. The fraction of sp³-hybridized carbons (Fsp3) is 0.600. The summed E-state index contributed by atoms with van der Waals surface area (Å²) in [5.41, 5.74) is 1.87. The summed E-state index contributed by atoms with van der Waals surface area (Å²) in [6.07, 6.45) is 0.413. The zero-order valence-electron chi connectivity index (χ0n) is 16.7. The molecule has 0 aliphatic carbocycles. The molecule has 2 rings (SSSR count). The first-order valence-electron chi connectivity index (χ1n) is 9.63. The quantitative estimate of drug-likeness (QED) is 0.637. The molecule has 0 spiro atoms. The van der Waals surface area contributed by atoms with E-state index in [1.807, 2.05) is 38.1 Å². The molecule has 0 radical (unpaired) electrons. The third kappa shape index (κ3) is 7.19. The molecule has 0 saturated carbocycles. The monoisotopic (exact) mass is 376 g/mol. The van der Waals surface area contributed by atoms with Gasteiger partial charge in [0.15, 0.2) is 0 Å². The third-order valence-corrected chi connectivity index (χ3v) is 4.39. The molecule has 1 fully saturated rings. The molecule has 1 aromatic rings. The summed E-state index contributed by atoms with van der Waals surface area (Å²) >= 11 is 0. The van der Waals surface area contributed by atoms with Crippen LogP contribution in [0.25, 0.3) is 0 Å². The molecule has 150 valence electrons. The van der Waals surface area contributed by atoms with Gasteiger partial charge in [-0.1, -0.05) is 32.0 Å². The summed E-state index contributed by atoms with van der Waals surface area (Å²) in [6, 6.07) is 7.55. The number of ether oxygens (including phenoxy) is 1. The molecule has 0 aromatic heterocycles. The predicted octanol–water partition coefficient (Wildman–Crippen LogP) is 2.19. The largest absolute Gasteiger partial charge is 0.373 e. The van der Waals surface area contributed by atoms with Crippen molar-refractivity contribution in [2.45, 2.75) is 46.4 Å². The van der Waals surface area contributed by atoms with E-state index in [-0.39, 0.29) is 30.1 Å². The molecule has 1 saturated heterocycles.